The van der Waals surface area contributed by atoms with Crippen molar-refractivity contribution in [3.05, 3.63) is 35.4 Å². The van der Waals surface area contributed by atoms with Gasteiger partial charge in [0.15, 0.2) is 5.78 Å². The Morgan fingerprint density at radius 2 is 1.88 bits per heavy atom. The highest BCUT2D eigenvalue weighted by Gasteiger charge is 2.27. The van der Waals surface area contributed by atoms with Gasteiger partial charge in [-0.25, -0.2) is 0 Å². The van der Waals surface area contributed by atoms with Gasteiger partial charge in [0.25, 0.3) is 0 Å². The molecule has 7 heteroatoms. The van der Waals surface area contributed by atoms with E-state index in [4.69, 9.17) is 15.7 Å². The number of nitrogens with two attached hydrogens (primary N) is 1. The van der Waals surface area contributed by atoms with Gasteiger partial charge in [0.2, 0.25) is 5.91 Å². The number of rotatable bonds is 6. The van der Waals surface area contributed by atoms with Gasteiger partial charge in [-0.1, -0.05) is 19.1 Å². The van der Waals surface area contributed by atoms with Crippen LogP contribution in [0.1, 0.15) is 48.5 Å². The zero-order valence-electron chi connectivity index (χ0n) is 14.8. The first-order valence-corrected chi connectivity index (χ1v) is 8.71. The van der Waals surface area contributed by atoms with Gasteiger partial charge in [0, 0.05) is 44.3 Å². The summed E-state index contributed by atoms with van der Waals surface area (Å²) < 4.78 is 5.29. The van der Waals surface area contributed by atoms with Crippen molar-refractivity contribution in [3.8, 4) is 6.07 Å². The van der Waals surface area contributed by atoms with Gasteiger partial charge < -0.3 is 15.4 Å². The molecule has 138 valence electrons. The third-order valence-electron chi connectivity index (χ3n) is 4.41. The fourth-order valence-electron chi connectivity index (χ4n) is 2.83. The lowest BCUT2D eigenvalue weighted by atomic mass is 10.00. The molecule has 0 radical (unpaired) electrons. The first kappa shape index (κ1) is 19.6. The number of benzene rings is 1. The Morgan fingerprint density at radius 1 is 1.27 bits per heavy atom. The first-order chi connectivity index (χ1) is 12.4. The summed E-state index contributed by atoms with van der Waals surface area (Å²) in [5.41, 5.74) is 6.75. The highest BCUT2D eigenvalue weighted by molar-refractivity contribution is 6.02. The number of hydrogen-bond acceptors (Lipinski definition) is 6. The van der Waals surface area contributed by atoms with Crippen LogP contribution in [0.4, 0.5) is 0 Å². The van der Waals surface area contributed by atoms with Gasteiger partial charge in [-0.05, 0) is 12.1 Å². The smallest absolute Gasteiger partial charge is 0.305 e. The number of likely N-dealkylation sites (tertiary alicyclic amines) is 1. The minimum absolute atomic E-state index is 0.0712. The van der Waals surface area contributed by atoms with E-state index in [1.807, 2.05) is 6.07 Å². The van der Waals surface area contributed by atoms with E-state index in [2.05, 4.69) is 0 Å². The van der Waals surface area contributed by atoms with Gasteiger partial charge in [0.05, 0.1) is 17.7 Å². The van der Waals surface area contributed by atoms with Crippen molar-refractivity contribution in [2.75, 3.05) is 13.1 Å². The van der Waals surface area contributed by atoms with E-state index in [1.165, 1.54) is 0 Å². The summed E-state index contributed by atoms with van der Waals surface area (Å²) >= 11 is 0. The van der Waals surface area contributed by atoms with Crippen molar-refractivity contribution in [1.82, 2.24) is 4.90 Å². The molecule has 26 heavy (non-hydrogen) atoms. The average Bonchev–Trinajstić information content (AvgIpc) is 2.67. The molecule has 1 aromatic rings. The summed E-state index contributed by atoms with van der Waals surface area (Å²) in [5.74, 6) is -0.737. The second-order valence-corrected chi connectivity index (χ2v) is 6.29. The van der Waals surface area contributed by atoms with Crippen LogP contribution in [0.15, 0.2) is 24.3 Å². The summed E-state index contributed by atoms with van der Waals surface area (Å²) in [7, 11) is 0. The number of nitrogens with zero attached hydrogens (tertiary/aromatic N) is 2. The molecular formula is C19H23N3O4. The zero-order chi connectivity index (χ0) is 19.1. The fourth-order valence-corrected chi connectivity index (χ4v) is 2.83. The molecule has 1 unspecified atom stereocenters. The Bertz CT molecular complexity index is 700. The molecule has 7 nitrogen and oxygen atoms in total. The number of amides is 1. The molecule has 1 heterocycles. The molecule has 0 aliphatic carbocycles. The molecule has 2 N–H and O–H groups in total. The maximum atomic E-state index is 12.4. The van der Waals surface area contributed by atoms with Crippen molar-refractivity contribution in [2.24, 2.45) is 5.73 Å². The highest BCUT2D eigenvalue weighted by atomic mass is 16.5. The van der Waals surface area contributed by atoms with Crippen molar-refractivity contribution in [2.45, 2.75) is 44.8 Å². The molecule has 1 atom stereocenters. The molecule has 2 rings (SSSR count). The Balaban J connectivity index is 1.84. The van der Waals surface area contributed by atoms with Gasteiger partial charge in [-0.15, -0.1) is 0 Å². The predicted octanol–water partition coefficient (Wildman–Crippen LogP) is 1.40. The highest BCUT2D eigenvalue weighted by Crippen LogP contribution is 2.16. The number of carbonyl (C=O) groups is 3. The van der Waals surface area contributed by atoms with E-state index in [9.17, 15) is 14.4 Å². The van der Waals surface area contributed by atoms with Crippen LogP contribution < -0.4 is 5.73 Å². The molecular weight excluding hydrogens is 334 g/mol. The fraction of sp³-hybridized carbons (Fsp3) is 0.474. The molecule has 1 amide bonds. The van der Waals surface area contributed by atoms with Crippen LogP contribution in [0.3, 0.4) is 0 Å². The molecule has 1 aromatic carbocycles. The second-order valence-electron chi connectivity index (χ2n) is 6.29. The molecule has 0 saturated carbocycles. The van der Waals surface area contributed by atoms with E-state index in [0.717, 1.165) is 0 Å². The van der Waals surface area contributed by atoms with Crippen LogP contribution in [0.2, 0.25) is 0 Å². The molecule has 0 spiro atoms. The summed E-state index contributed by atoms with van der Waals surface area (Å²) in [6.07, 6.45) is 1.30. The molecule has 0 aromatic heterocycles. The number of nitriles is 1. The predicted molar refractivity (Wildman–Crippen MR) is 94.1 cm³/mol. The van der Waals surface area contributed by atoms with E-state index < -0.39 is 6.04 Å². The Morgan fingerprint density at radius 3 is 2.42 bits per heavy atom. The number of esters is 1. The lowest BCUT2D eigenvalue weighted by Gasteiger charge is -2.32. The number of ether oxygens (including phenoxy) is 1. The number of piperidine rings is 1. The largest absolute Gasteiger partial charge is 0.462 e. The molecule has 1 aliphatic heterocycles. The van der Waals surface area contributed by atoms with Crippen LogP contribution in [-0.2, 0) is 14.3 Å². The van der Waals surface area contributed by atoms with Crippen LogP contribution >= 0.6 is 0 Å². The molecule has 1 aliphatic rings. The number of ketones is 1. The maximum Gasteiger partial charge on any atom is 0.305 e. The van der Waals surface area contributed by atoms with E-state index in [-0.39, 0.29) is 30.2 Å². The second kappa shape index (κ2) is 9.11. The SMILES string of the molecule is CCC(=O)OC1CCN(C(=O)CC(N)C(=O)c2ccc(C#N)cc2)CC1. The van der Waals surface area contributed by atoms with Crippen molar-refractivity contribution >= 4 is 17.7 Å². The zero-order valence-corrected chi connectivity index (χ0v) is 14.8. The third kappa shape index (κ3) is 5.14. The monoisotopic (exact) mass is 357 g/mol. The lowest BCUT2D eigenvalue weighted by Crippen LogP contribution is -2.44. The van der Waals surface area contributed by atoms with E-state index >= 15 is 0 Å². The summed E-state index contributed by atoms with van der Waals surface area (Å²) in [6, 6.07) is 7.23. The summed E-state index contributed by atoms with van der Waals surface area (Å²) in [5, 5.41) is 8.78. The minimum Gasteiger partial charge on any atom is -0.462 e. The van der Waals surface area contributed by atoms with Crippen molar-refractivity contribution in [1.29, 1.82) is 5.26 Å². The number of carbonyl (C=O) groups excluding carboxylic acids is 3. The van der Waals surface area contributed by atoms with Gasteiger partial charge in [-0.3, -0.25) is 14.4 Å². The first-order valence-electron chi connectivity index (χ1n) is 8.71. The number of hydrogen-bond donors (Lipinski definition) is 1. The molecule has 1 saturated heterocycles. The van der Waals surface area contributed by atoms with Crippen molar-refractivity contribution in [3.63, 3.8) is 0 Å². The van der Waals surface area contributed by atoms with Crippen LogP contribution in [0, 0.1) is 11.3 Å². The van der Waals surface area contributed by atoms with Crippen LogP contribution in [0.25, 0.3) is 0 Å². The van der Waals surface area contributed by atoms with Crippen LogP contribution in [0.5, 0.6) is 0 Å². The van der Waals surface area contributed by atoms with Crippen molar-refractivity contribution < 1.29 is 19.1 Å². The maximum absolute atomic E-state index is 12.4. The third-order valence-corrected chi connectivity index (χ3v) is 4.41. The summed E-state index contributed by atoms with van der Waals surface area (Å²) in [4.78, 5) is 37.7. The van der Waals surface area contributed by atoms with E-state index in [1.54, 1.807) is 36.1 Å². The standard InChI is InChI=1S/C19H23N3O4/c1-2-18(24)26-15-7-9-22(10-8-15)17(23)11-16(21)19(25)14-5-3-13(12-20)4-6-14/h3-6,15-16H,2,7-11,21H2,1H3. The van der Waals surface area contributed by atoms with E-state index in [0.29, 0.717) is 43.5 Å². The normalized spacial score (nSPS) is 15.8. The molecule has 0 bridgehead atoms. The number of Topliss-reactive ketones (excluding diaryl/α,β-unsaturated/α-hetero) is 1. The Labute approximate surface area is 152 Å². The van der Waals surface area contributed by atoms with Gasteiger partial charge in [-0.2, -0.15) is 5.26 Å². The Hall–Kier alpha value is -2.72. The minimum atomic E-state index is -0.925. The topological polar surface area (TPSA) is 113 Å². The molecule has 1 fully saturated rings. The van der Waals surface area contributed by atoms with Gasteiger partial charge in [0.1, 0.15) is 6.10 Å². The lowest BCUT2D eigenvalue weighted by molar-refractivity contribution is -0.151. The van der Waals surface area contributed by atoms with Crippen LogP contribution in [-0.4, -0.2) is 47.8 Å². The quantitative estimate of drug-likeness (QED) is 0.608. The van der Waals surface area contributed by atoms with Gasteiger partial charge >= 0.3 is 5.97 Å². The summed E-state index contributed by atoms with van der Waals surface area (Å²) in [6.45, 7) is 2.71. The average molecular weight is 357 g/mol. The Kier molecular flexibility index (Phi) is 6.87.